The van der Waals surface area contributed by atoms with Gasteiger partial charge in [-0.3, -0.25) is 9.59 Å². The molecule has 138 valence electrons. The van der Waals surface area contributed by atoms with Crippen molar-refractivity contribution in [3.63, 3.8) is 0 Å². The lowest BCUT2D eigenvalue weighted by Gasteiger charge is -2.13. The number of carbonyl (C=O) groups excluding carboxylic acids is 2. The summed E-state index contributed by atoms with van der Waals surface area (Å²) in [5, 5.41) is 5.37. The number of anilines is 1. The Balaban J connectivity index is 1.99. The smallest absolute Gasteiger partial charge is 0.262 e. The second-order valence-electron chi connectivity index (χ2n) is 5.31. The van der Waals surface area contributed by atoms with Gasteiger partial charge in [-0.1, -0.05) is 24.3 Å². The van der Waals surface area contributed by atoms with Gasteiger partial charge in [-0.2, -0.15) is 0 Å². The molecule has 26 heavy (non-hydrogen) atoms. The Morgan fingerprint density at radius 3 is 2.35 bits per heavy atom. The number of rotatable bonds is 9. The van der Waals surface area contributed by atoms with E-state index in [1.807, 2.05) is 13.0 Å². The summed E-state index contributed by atoms with van der Waals surface area (Å²) >= 11 is 0. The number of para-hydroxylation sites is 3. The molecule has 7 heteroatoms. The second kappa shape index (κ2) is 10.0. The molecule has 0 bridgehead atoms. The van der Waals surface area contributed by atoms with Crippen LogP contribution in [0.25, 0.3) is 0 Å². The van der Waals surface area contributed by atoms with Crippen molar-refractivity contribution in [2.45, 2.75) is 6.92 Å². The number of hydrogen-bond acceptors (Lipinski definition) is 5. The number of hydrogen-bond donors (Lipinski definition) is 3. The zero-order valence-corrected chi connectivity index (χ0v) is 14.7. The van der Waals surface area contributed by atoms with E-state index < -0.39 is 0 Å². The fraction of sp³-hybridized carbons (Fsp3) is 0.263. The van der Waals surface area contributed by atoms with E-state index in [1.54, 1.807) is 42.5 Å². The van der Waals surface area contributed by atoms with Gasteiger partial charge in [0.2, 0.25) is 0 Å². The van der Waals surface area contributed by atoms with Gasteiger partial charge in [0.1, 0.15) is 0 Å². The topological polar surface area (TPSA) is 103 Å². The summed E-state index contributed by atoms with van der Waals surface area (Å²) in [6.45, 7) is 2.86. The van der Waals surface area contributed by atoms with Crippen LogP contribution in [0.2, 0.25) is 0 Å². The first-order chi connectivity index (χ1) is 12.7. The summed E-state index contributed by atoms with van der Waals surface area (Å²) in [6.07, 6.45) is 0. The number of nitrogens with one attached hydrogen (secondary N) is 2. The standard InChI is InChI=1S/C19H23N3O4/c1-2-25-16-9-5-6-10-17(16)26-13-18(23)22-15-8-4-3-7-14(15)19(24)21-12-11-20/h3-10H,2,11-13,20H2,1H3,(H,21,24)(H,22,23). The molecule has 2 rings (SSSR count). The Bertz CT molecular complexity index is 749. The monoisotopic (exact) mass is 357 g/mol. The number of nitrogens with two attached hydrogens (primary N) is 1. The van der Waals surface area contributed by atoms with Gasteiger partial charge in [0.25, 0.3) is 11.8 Å². The van der Waals surface area contributed by atoms with Gasteiger partial charge in [-0.05, 0) is 31.2 Å². The molecule has 0 aliphatic carbocycles. The highest BCUT2D eigenvalue weighted by atomic mass is 16.5. The molecule has 7 nitrogen and oxygen atoms in total. The Labute approximate surface area is 152 Å². The Hall–Kier alpha value is -3.06. The molecule has 0 unspecified atom stereocenters. The van der Waals surface area contributed by atoms with E-state index >= 15 is 0 Å². The summed E-state index contributed by atoms with van der Waals surface area (Å²) in [6, 6.07) is 13.9. The van der Waals surface area contributed by atoms with Crippen LogP contribution in [0.5, 0.6) is 11.5 Å². The van der Waals surface area contributed by atoms with E-state index in [2.05, 4.69) is 10.6 Å². The van der Waals surface area contributed by atoms with E-state index in [0.717, 1.165) is 0 Å². The summed E-state index contributed by atoms with van der Waals surface area (Å²) in [5.74, 6) is 0.382. The van der Waals surface area contributed by atoms with Crippen molar-refractivity contribution in [1.82, 2.24) is 5.32 Å². The van der Waals surface area contributed by atoms with Crippen molar-refractivity contribution < 1.29 is 19.1 Å². The molecule has 0 aliphatic rings. The molecular formula is C19H23N3O4. The largest absolute Gasteiger partial charge is 0.490 e. The predicted molar refractivity (Wildman–Crippen MR) is 99.6 cm³/mol. The molecular weight excluding hydrogens is 334 g/mol. The van der Waals surface area contributed by atoms with Crippen LogP contribution >= 0.6 is 0 Å². The zero-order chi connectivity index (χ0) is 18.8. The molecule has 2 amide bonds. The minimum atomic E-state index is -0.379. The lowest BCUT2D eigenvalue weighted by Crippen LogP contribution is -2.30. The summed E-state index contributed by atoms with van der Waals surface area (Å²) in [5.41, 5.74) is 6.17. The Kier molecular flexibility index (Phi) is 7.45. The molecule has 0 saturated heterocycles. The van der Waals surface area contributed by atoms with Crippen molar-refractivity contribution >= 4 is 17.5 Å². The highest BCUT2D eigenvalue weighted by molar-refractivity contribution is 6.04. The molecule has 0 fully saturated rings. The fourth-order valence-electron chi connectivity index (χ4n) is 2.24. The minimum Gasteiger partial charge on any atom is -0.490 e. The van der Waals surface area contributed by atoms with Crippen molar-refractivity contribution in [2.75, 3.05) is 31.6 Å². The van der Waals surface area contributed by atoms with E-state index in [4.69, 9.17) is 15.2 Å². The molecule has 0 aromatic heterocycles. The van der Waals surface area contributed by atoms with Gasteiger partial charge in [0.05, 0.1) is 17.9 Å². The van der Waals surface area contributed by atoms with Crippen molar-refractivity contribution in [3.05, 3.63) is 54.1 Å². The minimum absolute atomic E-state index is 0.206. The van der Waals surface area contributed by atoms with Crippen LogP contribution in [0.3, 0.4) is 0 Å². The molecule has 0 spiro atoms. The van der Waals surface area contributed by atoms with Crippen LogP contribution < -0.4 is 25.8 Å². The average Bonchev–Trinajstić information content (AvgIpc) is 2.66. The Morgan fingerprint density at radius 2 is 1.65 bits per heavy atom. The van der Waals surface area contributed by atoms with Crippen LogP contribution in [0.4, 0.5) is 5.69 Å². The third-order valence-electron chi connectivity index (χ3n) is 3.38. The summed E-state index contributed by atoms with van der Waals surface area (Å²) in [7, 11) is 0. The molecule has 0 radical (unpaired) electrons. The quantitative estimate of drug-likeness (QED) is 0.635. The van der Waals surface area contributed by atoms with Gasteiger partial charge < -0.3 is 25.8 Å². The molecule has 0 heterocycles. The van der Waals surface area contributed by atoms with Crippen molar-refractivity contribution in [3.8, 4) is 11.5 Å². The van der Waals surface area contributed by atoms with E-state index in [9.17, 15) is 9.59 Å². The van der Waals surface area contributed by atoms with Gasteiger partial charge in [-0.25, -0.2) is 0 Å². The molecule has 2 aromatic rings. The van der Waals surface area contributed by atoms with Gasteiger partial charge in [0, 0.05) is 13.1 Å². The number of benzene rings is 2. The van der Waals surface area contributed by atoms with E-state index in [0.29, 0.717) is 42.4 Å². The number of amides is 2. The van der Waals surface area contributed by atoms with E-state index in [1.165, 1.54) is 0 Å². The highest BCUT2D eigenvalue weighted by Crippen LogP contribution is 2.26. The molecule has 4 N–H and O–H groups in total. The normalized spacial score (nSPS) is 10.1. The third kappa shape index (κ3) is 5.49. The molecule has 0 saturated carbocycles. The third-order valence-corrected chi connectivity index (χ3v) is 3.38. The average molecular weight is 357 g/mol. The lowest BCUT2D eigenvalue weighted by atomic mass is 10.1. The zero-order valence-electron chi connectivity index (χ0n) is 14.7. The first kappa shape index (κ1) is 19.3. The summed E-state index contributed by atoms with van der Waals surface area (Å²) in [4.78, 5) is 24.4. The van der Waals surface area contributed by atoms with Crippen LogP contribution in [-0.2, 0) is 4.79 Å². The maximum Gasteiger partial charge on any atom is 0.262 e. The highest BCUT2D eigenvalue weighted by Gasteiger charge is 2.13. The second-order valence-corrected chi connectivity index (χ2v) is 5.31. The number of ether oxygens (including phenoxy) is 2. The maximum atomic E-state index is 12.2. The molecule has 0 aliphatic heterocycles. The number of carbonyl (C=O) groups is 2. The molecule has 2 aromatic carbocycles. The molecule has 0 atom stereocenters. The fourth-order valence-corrected chi connectivity index (χ4v) is 2.24. The van der Waals surface area contributed by atoms with Crippen LogP contribution in [0.15, 0.2) is 48.5 Å². The summed E-state index contributed by atoms with van der Waals surface area (Å²) < 4.78 is 11.0. The lowest BCUT2D eigenvalue weighted by molar-refractivity contribution is -0.118. The van der Waals surface area contributed by atoms with Crippen LogP contribution in [0.1, 0.15) is 17.3 Å². The Morgan fingerprint density at radius 1 is 1.00 bits per heavy atom. The SMILES string of the molecule is CCOc1ccccc1OCC(=O)Nc1ccccc1C(=O)NCCN. The van der Waals surface area contributed by atoms with Crippen LogP contribution in [0, 0.1) is 0 Å². The van der Waals surface area contributed by atoms with Crippen LogP contribution in [-0.4, -0.2) is 38.1 Å². The van der Waals surface area contributed by atoms with Crippen molar-refractivity contribution in [2.24, 2.45) is 5.73 Å². The maximum absolute atomic E-state index is 12.2. The van der Waals surface area contributed by atoms with E-state index in [-0.39, 0.29) is 18.4 Å². The van der Waals surface area contributed by atoms with Crippen molar-refractivity contribution in [1.29, 1.82) is 0 Å². The van der Waals surface area contributed by atoms with Gasteiger partial charge in [0.15, 0.2) is 18.1 Å². The first-order valence-electron chi connectivity index (χ1n) is 8.37. The van der Waals surface area contributed by atoms with Gasteiger partial charge in [-0.15, -0.1) is 0 Å². The first-order valence-corrected chi connectivity index (χ1v) is 8.37. The predicted octanol–water partition coefficient (Wildman–Crippen LogP) is 1.79. The van der Waals surface area contributed by atoms with Gasteiger partial charge >= 0.3 is 0 Å².